The van der Waals surface area contributed by atoms with Crippen molar-refractivity contribution in [2.24, 2.45) is 0 Å². The van der Waals surface area contributed by atoms with Crippen LogP contribution in [0.4, 0.5) is 8.78 Å². The highest BCUT2D eigenvalue weighted by Gasteiger charge is 2.11. The lowest BCUT2D eigenvalue weighted by molar-refractivity contribution is 0.578. The minimum absolute atomic E-state index is 0.118. The van der Waals surface area contributed by atoms with Crippen LogP contribution in [0.2, 0.25) is 5.15 Å². The average molecular weight is 281 g/mol. The van der Waals surface area contributed by atoms with Gasteiger partial charge in [-0.3, -0.25) is 0 Å². The summed E-state index contributed by atoms with van der Waals surface area (Å²) in [6.07, 6.45) is 2.76. The van der Waals surface area contributed by atoms with E-state index in [2.05, 4.69) is 15.0 Å². The lowest BCUT2D eigenvalue weighted by Crippen LogP contribution is -2.02. The van der Waals surface area contributed by atoms with Crippen molar-refractivity contribution < 1.29 is 8.78 Å². The third-order valence-electron chi connectivity index (χ3n) is 2.71. The number of rotatable bonds is 2. The van der Waals surface area contributed by atoms with E-state index in [-0.39, 0.29) is 17.3 Å². The molecule has 3 rings (SSSR count). The van der Waals surface area contributed by atoms with Crippen LogP contribution in [-0.4, -0.2) is 19.5 Å². The van der Waals surface area contributed by atoms with E-state index in [0.29, 0.717) is 11.2 Å². The Kier molecular flexibility index (Phi) is 2.87. The van der Waals surface area contributed by atoms with Crippen LogP contribution in [0.3, 0.4) is 0 Å². The molecule has 0 unspecified atom stereocenters. The van der Waals surface area contributed by atoms with Gasteiger partial charge in [0.15, 0.2) is 10.8 Å². The highest BCUT2D eigenvalue weighted by atomic mass is 35.5. The van der Waals surface area contributed by atoms with Gasteiger partial charge in [0.1, 0.15) is 23.5 Å². The van der Waals surface area contributed by atoms with Gasteiger partial charge in [-0.15, -0.1) is 0 Å². The Hall–Kier alpha value is -2.08. The Balaban J connectivity index is 2.06. The summed E-state index contributed by atoms with van der Waals surface area (Å²) in [6.45, 7) is 0.118. The number of aromatic nitrogens is 4. The Morgan fingerprint density at radius 2 is 2.00 bits per heavy atom. The van der Waals surface area contributed by atoms with E-state index in [1.807, 2.05) is 0 Å². The van der Waals surface area contributed by atoms with Crippen molar-refractivity contribution in [1.82, 2.24) is 19.5 Å². The fourth-order valence-corrected chi connectivity index (χ4v) is 1.99. The third kappa shape index (κ3) is 2.15. The number of benzene rings is 1. The minimum atomic E-state index is -0.492. The quantitative estimate of drug-likeness (QED) is 0.678. The summed E-state index contributed by atoms with van der Waals surface area (Å²) < 4.78 is 28.3. The average Bonchev–Trinajstić information content (AvgIpc) is 2.79. The van der Waals surface area contributed by atoms with E-state index in [1.165, 1.54) is 12.7 Å². The zero-order valence-electron chi connectivity index (χ0n) is 9.52. The number of nitrogens with zero attached hydrogens (tertiary/aromatic N) is 4. The second-order valence-electron chi connectivity index (χ2n) is 3.94. The SMILES string of the molecule is Fc1ccc(F)c(Cn2cnc3c(Cl)ncnc32)c1. The Morgan fingerprint density at radius 1 is 1.16 bits per heavy atom. The Morgan fingerprint density at radius 3 is 2.84 bits per heavy atom. The second-order valence-corrected chi connectivity index (χ2v) is 4.30. The van der Waals surface area contributed by atoms with Crippen molar-refractivity contribution in [2.75, 3.05) is 0 Å². The van der Waals surface area contributed by atoms with Gasteiger partial charge in [-0.05, 0) is 18.2 Å². The van der Waals surface area contributed by atoms with Crippen molar-refractivity contribution in [1.29, 1.82) is 0 Å². The number of hydrogen-bond donors (Lipinski definition) is 0. The third-order valence-corrected chi connectivity index (χ3v) is 2.98. The summed E-state index contributed by atoms with van der Waals surface area (Å²) >= 11 is 5.87. The van der Waals surface area contributed by atoms with Crippen LogP contribution in [-0.2, 0) is 6.54 Å². The lowest BCUT2D eigenvalue weighted by Gasteiger charge is -2.05. The van der Waals surface area contributed by atoms with Gasteiger partial charge < -0.3 is 4.57 Å². The second kappa shape index (κ2) is 4.55. The molecule has 0 saturated carbocycles. The standard InChI is InChI=1S/C12H7ClF2N4/c13-11-10-12(17-5-16-11)19(6-18-10)4-7-3-8(14)1-2-9(7)15/h1-3,5-6H,4H2. The molecule has 0 N–H and O–H groups in total. The normalized spacial score (nSPS) is 11.1. The van der Waals surface area contributed by atoms with Crippen LogP contribution in [0, 0.1) is 11.6 Å². The van der Waals surface area contributed by atoms with E-state index in [0.717, 1.165) is 18.2 Å². The molecule has 0 atom stereocenters. The molecular weight excluding hydrogens is 274 g/mol. The van der Waals surface area contributed by atoms with Crippen LogP contribution in [0.15, 0.2) is 30.9 Å². The maximum atomic E-state index is 13.6. The van der Waals surface area contributed by atoms with Crippen molar-refractivity contribution in [3.05, 3.63) is 53.2 Å². The molecule has 3 aromatic rings. The van der Waals surface area contributed by atoms with E-state index < -0.39 is 11.6 Å². The van der Waals surface area contributed by atoms with Crippen LogP contribution < -0.4 is 0 Å². The van der Waals surface area contributed by atoms with E-state index >= 15 is 0 Å². The first kappa shape index (κ1) is 12.0. The first-order chi connectivity index (χ1) is 9.15. The molecule has 0 aliphatic heterocycles. The van der Waals surface area contributed by atoms with Crippen molar-refractivity contribution in [2.45, 2.75) is 6.54 Å². The molecule has 0 aliphatic carbocycles. The predicted octanol–water partition coefficient (Wildman–Crippen LogP) is 2.81. The monoisotopic (exact) mass is 280 g/mol. The van der Waals surface area contributed by atoms with Gasteiger partial charge in [0.05, 0.1) is 12.9 Å². The topological polar surface area (TPSA) is 43.6 Å². The maximum Gasteiger partial charge on any atom is 0.165 e. The molecule has 0 bridgehead atoms. The van der Waals surface area contributed by atoms with Gasteiger partial charge >= 0.3 is 0 Å². The van der Waals surface area contributed by atoms with Gasteiger partial charge in [0, 0.05) is 5.56 Å². The van der Waals surface area contributed by atoms with Gasteiger partial charge in [0.25, 0.3) is 0 Å². The van der Waals surface area contributed by atoms with E-state index in [9.17, 15) is 8.78 Å². The van der Waals surface area contributed by atoms with E-state index in [4.69, 9.17) is 11.6 Å². The van der Waals surface area contributed by atoms with Gasteiger partial charge in [-0.25, -0.2) is 23.7 Å². The van der Waals surface area contributed by atoms with Gasteiger partial charge in [-0.2, -0.15) is 0 Å². The molecule has 7 heteroatoms. The lowest BCUT2D eigenvalue weighted by atomic mass is 10.2. The zero-order chi connectivity index (χ0) is 13.4. The molecule has 0 aliphatic rings. The molecule has 4 nitrogen and oxygen atoms in total. The summed E-state index contributed by atoms with van der Waals surface area (Å²) in [7, 11) is 0. The van der Waals surface area contributed by atoms with Gasteiger partial charge in [0.2, 0.25) is 0 Å². The summed E-state index contributed by atoms with van der Waals surface area (Å²) in [6, 6.07) is 3.31. The van der Waals surface area contributed by atoms with Gasteiger partial charge in [-0.1, -0.05) is 11.6 Å². The van der Waals surface area contributed by atoms with Crippen molar-refractivity contribution in [3.8, 4) is 0 Å². The molecular formula is C12H7ClF2N4. The van der Waals surface area contributed by atoms with Crippen LogP contribution in [0.5, 0.6) is 0 Å². The summed E-state index contributed by atoms with van der Waals surface area (Å²) in [5.41, 5.74) is 1.12. The molecule has 2 heterocycles. The molecule has 0 spiro atoms. The highest BCUT2D eigenvalue weighted by Crippen LogP contribution is 2.19. The molecule has 2 aromatic heterocycles. The minimum Gasteiger partial charge on any atom is -0.311 e. The molecule has 19 heavy (non-hydrogen) atoms. The molecule has 0 amide bonds. The maximum absolute atomic E-state index is 13.6. The van der Waals surface area contributed by atoms with Crippen LogP contribution >= 0.6 is 11.6 Å². The number of hydrogen-bond acceptors (Lipinski definition) is 3. The number of fused-ring (bicyclic) bond motifs is 1. The molecule has 1 aromatic carbocycles. The Labute approximate surface area is 111 Å². The summed E-state index contributed by atoms with van der Waals surface area (Å²) in [5.74, 6) is -0.975. The first-order valence-electron chi connectivity index (χ1n) is 5.40. The predicted molar refractivity (Wildman–Crippen MR) is 65.8 cm³/mol. The fourth-order valence-electron chi connectivity index (χ4n) is 1.82. The number of imidazole rings is 1. The Bertz CT molecular complexity index is 757. The van der Waals surface area contributed by atoms with E-state index in [1.54, 1.807) is 4.57 Å². The van der Waals surface area contributed by atoms with Crippen molar-refractivity contribution in [3.63, 3.8) is 0 Å². The molecule has 96 valence electrons. The highest BCUT2D eigenvalue weighted by molar-refractivity contribution is 6.33. The largest absolute Gasteiger partial charge is 0.311 e. The molecule has 0 fully saturated rings. The summed E-state index contributed by atoms with van der Waals surface area (Å²) in [4.78, 5) is 11.9. The zero-order valence-corrected chi connectivity index (χ0v) is 10.3. The van der Waals surface area contributed by atoms with Crippen LogP contribution in [0.1, 0.15) is 5.56 Å². The smallest absolute Gasteiger partial charge is 0.165 e. The first-order valence-corrected chi connectivity index (χ1v) is 5.78. The summed E-state index contributed by atoms with van der Waals surface area (Å²) in [5, 5.41) is 0.225. The molecule has 0 radical (unpaired) electrons. The molecule has 0 saturated heterocycles. The fraction of sp³-hybridized carbons (Fsp3) is 0.0833. The number of halogens is 3. The van der Waals surface area contributed by atoms with Crippen molar-refractivity contribution >= 4 is 22.8 Å². The van der Waals surface area contributed by atoms with Crippen LogP contribution in [0.25, 0.3) is 11.2 Å².